The summed E-state index contributed by atoms with van der Waals surface area (Å²) < 4.78 is 4.61. The Labute approximate surface area is 105 Å². The number of nitrogens with zero attached hydrogens (tertiary/aromatic N) is 4. The summed E-state index contributed by atoms with van der Waals surface area (Å²) in [7, 11) is 1.96. The van der Waals surface area contributed by atoms with Crippen molar-refractivity contribution in [3.05, 3.63) is 27.5 Å². The summed E-state index contributed by atoms with van der Waals surface area (Å²) >= 11 is 5.25. The van der Waals surface area contributed by atoms with Crippen molar-refractivity contribution in [3.8, 4) is 0 Å². The molecule has 6 heteroatoms. The van der Waals surface area contributed by atoms with Gasteiger partial charge in [-0.15, -0.1) is 0 Å². The molecule has 0 aliphatic carbocycles. The molecule has 0 aliphatic heterocycles. The molecular formula is C11H17N5S. The first kappa shape index (κ1) is 12.0. The lowest BCUT2D eigenvalue weighted by Gasteiger charge is -2.06. The van der Waals surface area contributed by atoms with Crippen molar-refractivity contribution < 1.29 is 0 Å². The predicted octanol–water partition coefficient (Wildman–Crippen LogP) is 1.90. The number of aromatic amines is 1. The third-order valence-corrected chi connectivity index (χ3v) is 3.44. The summed E-state index contributed by atoms with van der Waals surface area (Å²) in [6.45, 7) is 6.91. The lowest BCUT2D eigenvalue weighted by molar-refractivity contribution is 0.709. The second kappa shape index (κ2) is 4.44. The quantitative estimate of drug-likeness (QED) is 0.848. The Hall–Kier alpha value is -1.43. The third kappa shape index (κ3) is 2.04. The van der Waals surface area contributed by atoms with Crippen LogP contribution in [-0.4, -0.2) is 24.5 Å². The molecule has 0 aromatic carbocycles. The van der Waals surface area contributed by atoms with Gasteiger partial charge in [-0.1, -0.05) is 6.92 Å². The highest BCUT2D eigenvalue weighted by atomic mass is 32.1. The van der Waals surface area contributed by atoms with Crippen LogP contribution in [0.2, 0.25) is 0 Å². The number of aryl methyl sites for hydroxylation is 3. The number of rotatable bonds is 3. The zero-order valence-electron chi connectivity index (χ0n) is 10.6. The van der Waals surface area contributed by atoms with Crippen LogP contribution in [0.1, 0.15) is 29.7 Å². The van der Waals surface area contributed by atoms with Crippen molar-refractivity contribution in [3.63, 3.8) is 0 Å². The Kier molecular flexibility index (Phi) is 3.15. The molecule has 2 aromatic rings. The van der Waals surface area contributed by atoms with E-state index in [-0.39, 0.29) is 0 Å². The van der Waals surface area contributed by atoms with Gasteiger partial charge in [0.25, 0.3) is 0 Å². The standard InChI is InChI=1S/C11H17N5S/c1-5-10-12-13-11(17)16(10)6-9-7(2)14-15(4)8(9)3/h5-6H2,1-4H3,(H,13,17). The average Bonchev–Trinajstić information content (AvgIpc) is 2.75. The molecule has 17 heavy (non-hydrogen) atoms. The van der Waals surface area contributed by atoms with Gasteiger partial charge in [-0.2, -0.15) is 10.2 Å². The van der Waals surface area contributed by atoms with Gasteiger partial charge < -0.3 is 0 Å². The molecule has 0 unspecified atom stereocenters. The van der Waals surface area contributed by atoms with E-state index in [0.29, 0.717) is 4.77 Å². The minimum Gasteiger partial charge on any atom is -0.300 e. The minimum atomic E-state index is 0.671. The van der Waals surface area contributed by atoms with E-state index in [2.05, 4.69) is 29.1 Å². The highest BCUT2D eigenvalue weighted by Crippen LogP contribution is 2.14. The number of hydrogen-bond donors (Lipinski definition) is 1. The van der Waals surface area contributed by atoms with Crippen LogP contribution in [0.4, 0.5) is 0 Å². The maximum absolute atomic E-state index is 5.25. The molecule has 0 radical (unpaired) electrons. The van der Waals surface area contributed by atoms with Crippen LogP contribution in [0.5, 0.6) is 0 Å². The first-order valence-electron chi connectivity index (χ1n) is 5.67. The Morgan fingerprint density at radius 2 is 2.06 bits per heavy atom. The van der Waals surface area contributed by atoms with E-state index in [9.17, 15) is 0 Å². The Morgan fingerprint density at radius 3 is 2.59 bits per heavy atom. The second-order valence-electron chi connectivity index (χ2n) is 4.16. The van der Waals surface area contributed by atoms with Crippen LogP contribution in [0.15, 0.2) is 0 Å². The molecule has 0 saturated carbocycles. The number of nitrogens with one attached hydrogen (secondary N) is 1. The van der Waals surface area contributed by atoms with E-state index in [1.54, 1.807) is 0 Å². The summed E-state index contributed by atoms with van der Waals surface area (Å²) in [5.74, 6) is 0.984. The van der Waals surface area contributed by atoms with Gasteiger partial charge in [-0.05, 0) is 26.1 Å². The molecule has 2 heterocycles. The summed E-state index contributed by atoms with van der Waals surface area (Å²) in [5.41, 5.74) is 3.45. The number of aromatic nitrogens is 5. The molecule has 2 rings (SSSR count). The van der Waals surface area contributed by atoms with Crippen LogP contribution < -0.4 is 0 Å². The maximum atomic E-state index is 5.25. The normalized spacial score (nSPS) is 11.1. The SMILES string of the molecule is CCc1n[nH]c(=S)n1Cc1c(C)nn(C)c1C. The first-order valence-corrected chi connectivity index (χ1v) is 6.08. The van der Waals surface area contributed by atoms with Crippen molar-refractivity contribution in [1.82, 2.24) is 24.5 Å². The number of hydrogen-bond acceptors (Lipinski definition) is 3. The summed E-state index contributed by atoms with van der Waals surface area (Å²) in [5, 5.41) is 11.5. The fourth-order valence-corrected chi connectivity index (χ4v) is 2.20. The molecule has 0 saturated heterocycles. The second-order valence-corrected chi connectivity index (χ2v) is 4.54. The van der Waals surface area contributed by atoms with E-state index in [1.165, 1.54) is 11.3 Å². The smallest absolute Gasteiger partial charge is 0.195 e. The lowest BCUT2D eigenvalue weighted by atomic mass is 10.2. The van der Waals surface area contributed by atoms with E-state index in [1.807, 2.05) is 23.2 Å². The third-order valence-electron chi connectivity index (χ3n) is 3.13. The zero-order valence-corrected chi connectivity index (χ0v) is 11.4. The molecule has 0 aliphatic rings. The van der Waals surface area contributed by atoms with Crippen LogP contribution >= 0.6 is 12.2 Å². The Morgan fingerprint density at radius 1 is 1.35 bits per heavy atom. The van der Waals surface area contributed by atoms with Crippen molar-refractivity contribution >= 4 is 12.2 Å². The predicted molar refractivity (Wildman–Crippen MR) is 68.6 cm³/mol. The van der Waals surface area contributed by atoms with Gasteiger partial charge >= 0.3 is 0 Å². The summed E-state index contributed by atoms with van der Waals surface area (Å²) in [6.07, 6.45) is 0.867. The van der Waals surface area contributed by atoms with E-state index >= 15 is 0 Å². The zero-order chi connectivity index (χ0) is 12.6. The van der Waals surface area contributed by atoms with Gasteiger partial charge in [0.05, 0.1) is 12.2 Å². The fourth-order valence-electron chi connectivity index (χ4n) is 1.99. The van der Waals surface area contributed by atoms with Crippen LogP contribution in [-0.2, 0) is 20.0 Å². The topological polar surface area (TPSA) is 51.4 Å². The highest BCUT2D eigenvalue weighted by molar-refractivity contribution is 7.71. The fraction of sp³-hybridized carbons (Fsp3) is 0.545. The number of H-pyrrole nitrogens is 1. The van der Waals surface area contributed by atoms with Crippen LogP contribution in [0, 0.1) is 18.6 Å². The van der Waals surface area contributed by atoms with Crippen molar-refractivity contribution in [2.45, 2.75) is 33.7 Å². The molecular weight excluding hydrogens is 234 g/mol. The van der Waals surface area contributed by atoms with Gasteiger partial charge in [-0.25, -0.2) is 0 Å². The Balaban J connectivity index is 2.44. The minimum absolute atomic E-state index is 0.671. The van der Waals surface area contributed by atoms with Crippen molar-refractivity contribution in [2.24, 2.45) is 7.05 Å². The van der Waals surface area contributed by atoms with Gasteiger partial charge in [0.2, 0.25) is 0 Å². The van der Waals surface area contributed by atoms with Crippen LogP contribution in [0.3, 0.4) is 0 Å². The van der Waals surface area contributed by atoms with Gasteiger partial charge in [0.1, 0.15) is 5.82 Å². The van der Waals surface area contributed by atoms with Gasteiger partial charge in [0, 0.05) is 24.7 Å². The Bertz CT molecular complexity index is 590. The molecule has 1 N–H and O–H groups in total. The van der Waals surface area contributed by atoms with Gasteiger partial charge in [-0.3, -0.25) is 14.3 Å². The molecule has 92 valence electrons. The first-order chi connectivity index (χ1) is 8.04. The molecule has 0 fully saturated rings. The molecule has 0 spiro atoms. The van der Waals surface area contributed by atoms with Gasteiger partial charge in [0.15, 0.2) is 4.77 Å². The average molecular weight is 251 g/mol. The van der Waals surface area contributed by atoms with Crippen molar-refractivity contribution in [1.29, 1.82) is 0 Å². The van der Waals surface area contributed by atoms with E-state index in [4.69, 9.17) is 12.2 Å². The van der Waals surface area contributed by atoms with E-state index in [0.717, 1.165) is 24.5 Å². The monoisotopic (exact) mass is 251 g/mol. The molecule has 0 atom stereocenters. The van der Waals surface area contributed by atoms with E-state index < -0.39 is 0 Å². The lowest BCUT2D eigenvalue weighted by Crippen LogP contribution is -2.06. The van der Waals surface area contributed by atoms with Crippen LogP contribution in [0.25, 0.3) is 0 Å². The largest absolute Gasteiger partial charge is 0.300 e. The molecule has 5 nitrogen and oxygen atoms in total. The van der Waals surface area contributed by atoms with Crippen molar-refractivity contribution in [2.75, 3.05) is 0 Å². The highest BCUT2D eigenvalue weighted by Gasteiger charge is 2.12. The maximum Gasteiger partial charge on any atom is 0.195 e. The molecule has 2 aromatic heterocycles. The summed E-state index contributed by atoms with van der Waals surface area (Å²) in [4.78, 5) is 0. The molecule has 0 amide bonds. The summed E-state index contributed by atoms with van der Waals surface area (Å²) in [6, 6.07) is 0. The molecule has 0 bridgehead atoms.